The van der Waals surface area contributed by atoms with Crippen molar-refractivity contribution in [2.45, 2.75) is 24.8 Å². The van der Waals surface area contributed by atoms with Crippen molar-refractivity contribution in [2.24, 2.45) is 0 Å². The normalized spacial score (nSPS) is 11.9. The van der Waals surface area contributed by atoms with Gasteiger partial charge in [-0.3, -0.25) is 9.36 Å². The second-order valence-electron chi connectivity index (χ2n) is 6.64. The molecule has 0 amide bonds. The molecule has 0 aliphatic heterocycles. The highest BCUT2D eigenvalue weighted by Gasteiger charge is 2.34. The Morgan fingerprint density at radius 3 is 2.47 bits per heavy atom. The third kappa shape index (κ3) is 3.82. The summed E-state index contributed by atoms with van der Waals surface area (Å²) in [5.41, 5.74) is 1.08. The molecule has 3 aromatic heterocycles. The van der Waals surface area contributed by atoms with Gasteiger partial charge in [-0.15, -0.1) is 0 Å². The monoisotopic (exact) mass is 431 g/mol. The van der Waals surface area contributed by atoms with Gasteiger partial charge < -0.3 is 0 Å². The van der Waals surface area contributed by atoms with E-state index in [1.54, 1.807) is 48.0 Å². The summed E-state index contributed by atoms with van der Waals surface area (Å²) in [4.78, 5) is 21.1. The maximum atomic E-state index is 12.9. The molecule has 30 heavy (non-hydrogen) atoms. The van der Waals surface area contributed by atoms with Crippen LogP contribution >= 0.6 is 11.8 Å². The summed E-state index contributed by atoms with van der Waals surface area (Å²) < 4.78 is 41.5. The second-order valence-corrected chi connectivity index (χ2v) is 7.41. The van der Waals surface area contributed by atoms with E-state index in [9.17, 15) is 18.0 Å². The van der Waals surface area contributed by atoms with Crippen molar-refractivity contribution in [3.05, 3.63) is 76.0 Å². The van der Waals surface area contributed by atoms with Gasteiger partial charge in [0.15, 0.2) is 10.9 Å². The number of thioether (sulfide) groups is 1. The fourth-order valence-corrected chi connectivity index (χ4v) is 3.44. The standard InChI is InChI=1S/C20H16F3N5OS/c1-12-9-16(20(21,22)23)26-28(12)15-6-3-13(4-7-15)11-27-17(29)8-5-14-10-24-19(30-2)25-18(14)27/h3-10H,11H2,1-2H3. The van der Waals surface area contributed by atoms with E-state index in [1.165, 1.54) is 22.5 Å². The lowest BCUT2D eigenvalue weighted by atomic mass is 10.2. The SMILES string of the molecule is CSc1ncc2ccc(=O)n(Cc3ccc(-n4nc(C(F)(F)F)cc4C)cc3)c2n1. The van der Waals surface area contributed by atoms with Gasteiger partial charge in [-0.05, 0) is 43.0 Å². The molecular weight excluding hydrogens is 415 g/mol. The van der Waals surface area contributed by atoms with E-state index in [0.717, 1.165) is 17.0 Å². The number of hydrogen-bond donors (Lipinski definition) is 0. The zero-order valence-corrected chi connectivity index (χ0v) is 16.8. The molecule has 0 aliphatic rings. The number of alkyl halides is 3. The average Bonchev–Trinajstić information content (AvgIpc) is 3.12. The van der Waals surface area contributed by atoms with Crippen LogP contribution in [0.1, 0.15) is 17.0 Å². The van der Waals surface area contributed by atoms with Crippen LogP contribution in [0.2, 0.25) is 0 Å². The molecule has 1 aromatic carbocycles. The van der Waals surface area contributed by atoms with Crippen molar-refractivity contribution in [3.63, 3.8) is 0 Å². The number of hydrogen-bond acceptors (Lipinski definition) is 5. The molecule has 3 heterocycles. The quantitative estimate of drug-likeness (QED) is 0.360. The summed E-state index contributed by atoms with van der Waals surface area (Å²) >= 11 is 1.38. The fourth-order valence-electron chi connectivity index (χ4n) is 3.11. The van der Waals surface area contributed by atoms with Crippen molar-refractivity contribution >= 4 is 22.8 Å². The first-order valence-corrected chi connectivity index (χ1v) is 10.1. The lowest BCUT2D eigenvalue weighted by Crippen LogP contribution is -2.21. The van der Waals surface area contributed by atoms with E-state index in [1.807, 2.05) is 6.26 Å². The smallest absolute Gasteiger partial charge is 0.288 e. The highest BCUT2D eigenvalue weighted by atomic mass is 32.2. The van der Waals surface area contributed by atoms with E-state index in [0.29, 0.717) is 22.2 Å². The second kappa shape index (κ2) is 7.60. The first kappa shape index (κ1) is 20.1. The van der Waals surface area contributed by atoms with Crippen LogP contribution in [0, 0.1) is 6.92 Å². The Kier molecular flexibility index (Phi) is 5.10. The van der Waals surface area contributed by atoms with Crippen molar-refractivity contribution in [1.82, 2.24) is 24.3 Å². The minimum Gasteiger partial charge on any atom is -0.288 e. The van der Waals surface area contributed by atoms with Gasteiger partial charge in [-0.2, -0.15) is 18.3 Å². The van der Waals surface area contributed by atoms with Crippen LogP contribution in [0.25, 0.3) is 16.7 Å². The van der Waals surface area contributed by atoms with Gasteiger partial charge in [0, 0.05) is 23.3 Å². The summed E-state index contributed by atoms with van der Waals surface area (Å²) in [7, 11) is 0. The maximum absolute atomic E-state index is 12.9. The molecule has 4 aromatic rings. The van der Waals surface area contributed by atoms with Crippen LogP contribution in [0.5, 0.6) is 0 Å². The van der Waals surface area contributed by atoms with E-state index in [2.05, 4.69) is 15.1 Å². The molecule has 0 bridgehead atoms. The Morgan fingerprint density at radius 1 is 1.10 bits per heavy atom. The molecule has 154 valence electrons. The molecule has 0 saturated carbocycles. The van der Waals surface area contributed by atoms with Crippen molar-refractivity contribution in [1.29, 1.82) is 0 Å². The summed E-state index contributed by atoms with van der Waals surface area (Å²) in [6.07, 6.45) is -0.971. The molecule has 0 aliphatic carbocycles. The summed E-state index contributed by atoms with van der Waals surface area (Å²) in [5, 5.41) is 4.96. The molecule has 0 fully saturated rings. The molecule has 0 atom stereocenters. The molecule has 0 spiro atoms. The van der Waals surface area contributed by atoms with Crippen LogP contribution in [0.15, 0.2) is 58.6 Å². The van der Waals surface area contributed by atoms with E-state index in [-0.39, 0.29) is 12.1 Å². The minimum atomic E-state index is -4.50. The van der Waals surface area contributed by atoms with Gasteiger partial charge in [0.05, 0.1) is 12.2 Å². The van der Waals surface area contributed by atoms with Gasteiger partial charge in [0.25, 0.3) is 5.56 Å². The predicted octanol–water partition coefficient (Wildman–Crippen LogP) is 4.07. The van der Waals surface area contributed by atoms with Crippen molar-refractivity contribution in [3.8, 4) is 5.69 Å². The third-order valence-corrected chi connectivity index (χ3v) is 5.14. The molecule has 0 radical (unpaired) electrons. The first-order valence-electron chi connectivity index (χ1n) is 8.90. The Balaban J connectivity index is 1.68. The number of benzene rings is 1. The van der Waals surface area contributed by atoms with Gasteiger partial charge in [-0.1, -0.05) is 23.9 Å². The topological polar surface area (TPSA) is 65.6 Å². The lowest BCUT2D eigenvalue weighted by Gasteiger charge is -2.11. The highest BCUT2D eigenvalue weighted by molar-refractivity contribution is 7.98. The van der Waals surface area contributed by atoms with Crippen LogP contribution in [0.3, 0.4) is 0 Å². The van der Waals surface area contributed by atoms with Crippen LogP contribution in [-0.2, 0) is 12.7 Å². The number of nitrogens with zero attached hydrogens (tertiary/aromatic N) is 5. The minimum absolute atomic E-state index is 0.199. The Bertz CT molecular complexity index is 1280. The van der Waals surface area contributed by atoms with Crippen LogP contribution in [0.4, 0.5) is 13.2 Å². The largest absolute Gasteiger partial charge is 0.435 e. The lowest BCUT2D eigenvalue weighted by molar-refractivity contribution is -0.141. The zero-order valence-electron chi connectivity index (χ0n) is 16.0. The number of pyridine rings is 1. The number of fused-ring (bicyclic) bond motifs is 1. The van der Waals surface area contributed by atoms with Gasteiger partial charge >= 0.3 is 6.18 Å². The van der Waals surface area contributed by atoms with E-state index < -0.39 is 11.9 Å². The Morgan fingerprint density at radius 2 is 1.83 bits per heavy atom. The molecule has 0 N–H and O–H groups in total. The summed E-state index contributed by atoms with van der Waals surface area (Å²) in [5.74, 6) is 0. The van der Waals surface area contributed by atoms with Gasteiger partial charge in [0.1, 0.15) is 5.65 Å². The molecule has 0 unspecified atom stereocenters. The Hall–Kier alpha value is -3.14. The number of rotatable bonds is 4. The molecule has 6 nitrogen and oxygen atoms in total. The molecule has 4 rings (SSSR count). The zero-order chi connectivity index (χ0) is 21.5. The van der Waals surface area contributed by atoms with E-state index in [4.69, 9.17) is 0 Å². The summed E-state index contributed by atoms with van der Waals surface area (Å²) in [6.45, 7) is 1.84. The van der Waals surface area contributed by atoms with Crippen molar-refractivity contribution < 1.29 is 13.2 Å². The maximum Gasteiger partial charge on any atom is 0.435 e. The first-order chi connectivity index (χ1) is 14.3. The average molecular weight is 431 g/mol. The van der Waals surface area contributed by atoms with E-state index >= 15 is 0 Å². The third-order valence-electron chi connectivity index (χ3n) is 4.58. The molecule has 0 saturated heterocycles. The predicted molar refractivity (Wildman–Crippen MR) is 108 cm³/mol. The number of aryl methyl sites for hydroxylation is 1. The Labute approximate surface area is 173 Å². The van der Waals surface area contributed by atoms with Gasteiger partial charge in [-0.25, -0.2) is 14.6 Å². The highest BCUT2D eigenvalue weighted by Crippen LogP contribution is 2.29. The van der Waals surface area contributed by atoms with Crippen LogP contribution in [-0.4, -0.2) is 30.6 Å². The number of aromatic nitrogens is 5. The molecular formula is C20H16F3N5OS. The number of halogens is 3. The van der Waals surface area contributed by atoms with Crippen molar-refractivity contribution in [2.75, 3.05) is 6.26 Å². The molecule has 10 heteroatoms. The summed E-state index contributed by atoms with van der Waals surface area (Å²) in [6, 6.07) is 11.0. The van der Waals surface area contributed by atoms with Crippen LogP contribution < -0.4 is 5.56 Å². The van der Waals surface area contributed by atoms with Gasteiger partial charge in [0.2, 0.25) is 0 Å². The fraction of sp³-hybridized carbons (Fsp3) is 0.200.